The Kier molecular flexibility index (Phi) is 4.55. The van der Waals surface area contributed by atoms with Crippen molar-refractivity contribution >= 4 is 0 Å². The van der Waals surface area contributed by atoms with Crippen molar-refractivity contribution < 1.29 is 0 Å². The van der Waals surface area contributed by atoms with Gasteiger partial charge in [0.1, 0.15) is 0 Å². The van der Waals surface area contributed by atoms with E-state index in [1.807, 2.05) is 11.7 Å². The maximum atomic E-state index is 6.11. The zero-order chi connectivity index (χ0) is 14.9. The monoisotopic (exact) mass is 278 g/mol. The van der Waals surface area contributed by atoms with Gasteiger partial charge in [-0.1, -0.05) is 34.1 Å². The van der Waals surface area contributed by atoms with Crippen molar-refractivity contribution in [3.05, 3.63) is 17.5 Å². The summed E-state index contributed by atoms with van der Waals surface area (Å²) in [4.78, 5) is 2.56. The van der Waals surface area contributed by atoms with Crippen molar-refractivity contribution in [2.24, 2.45) is 18.7 Å². The van der Waals surface area contributed by atoms with E-state index in [0.717, 1.165) is 5.92 Å². The molecule has 2 N–H and O–H groups in total. The second kappa shape index (κ2) is 5.86. The SMILES string of the molecule is CCC1CCN(C(CN)c2cn(C)nc2C(C)(C)C)C1. The lowest BCUT2D eigenvalue weighted by Crippen LogP contribution is -2.33. The maximum absolute atomic E-state index is 6.11. The molecule has 2 rings (SSSR count). The Morgan fingerprint density at radius 2 is 2.15 bits per heavy atom. The van der Waals surface area contributed by atoms with Crippen LogP contribution in [0.1, 0.15) is 57.8 Å². The molecule has 0 aliphatic carbocycles. The molecule has 0 amide bonds. The molecule has 4 heteroatoms. The average Bonchev–Trinajstić information content (AvgIpc) is 2.97. The summed E-state index contributed by atoms with van der Waals surface area (Å²) in [5.74, 6) is 0.832. The molecule has 0 saturated carbocycles. The Hall–Kier alpha value is -0.870. The van der Waals surface area contributed by atoms with Crippen LogP contribution in [0.4, 0.5) is 0 Å². The molecule has 0 bridgehead atoms. The smallest absolute Gasteiger partial charge is 0.0726 e. The summed E-state index contributed by atoms with van der Waals surface area (Å²) >= 11 is 0. The van der Waals surface area contributed by atoms with Crippen LogP contribution in [0.2, 0.25) is 0 Å². The minimum Gasteiger partial charge on any atom is -0.329 e. The Labute approximate surface area is 123 Å². The van der Waals surface area contributed by atoms with E-state index in [4.69, 9.17) is 10.8 Å². The van der Waals surface area contributed by atoms with E-state index < -0.39 is 0 Å². The van der Waals surface area contributed by atoms with E-state index in [2.05, 4.69) is 38.8 Å². The van der Waals surface area contributed by atoms with E-state index in [-0.39, 0.29) is 5.41 Å². The molecule has 114 valence electrons. The summed E-state index contributed by atoms with van der Waals surface area (Å²) in [6.07, 6.45) is 4.74. The molecule has 4 nitrogen and oxygen atoms in total. The van der Waals surface area contributed by atoms with Gasteiger partial charge in [-0.15, -0.1) is 0 Å². The van der Waals surface area contributed by atoms with Gasteiger partial charge in [-0.3, -0.25) is 9.58 Å². The number of aryl methyl sites for hydroxylation is 1. The van der Waals surface area contributed by atoms with E-state index in [1.54, 1.807) is 0 Å². The summed E-state index contributed by atoms with van der Waals surface area (Å²) in [6, 6.07) is 0.314. The lowest BCUT2D eigenvalue weighted by Gasteiger charge is -2.29. The van der Waals surface area contributed by atoms with Crippen LogP contribution in [0.3, 0.4) is 0 Å². The second-order valence-electron chi connectivity index (χ2n) is 7.17. The molecule has 0 aromatic carbocycles. The molecular formula is C16H30N4. The summed E-state index contributed by atoms with van der Waals surface area (Å²) in [6.45, 7) is 12.0. The lowest BCUT2D eigenvalue weighted by molar-refractivity contribution is 0.238. The van der Waals surface area contributed by atoms with E-state index in [9.17, 15) is 0 Å². The summed E-state index contributed by atoms with van der Waals surface area (Å²) in [7, 11) is 2.01. The average molecular weight is 278 g/mol. The number of aromatic nitrogens is 2. The molecule has 0 spiro atoms. The highest BCUT2D eigenvalue weighted by atomic mass is 15.3. The number of hydrogen-bond donors (Lipinski definition) is 1. The van der Waals surface area contributed by atoms with Gasteiger partial charge < -0.3 is 5.73 Å². The summed E-state index contributed by atoms with van der Waals surface area (Å²) < 4.78 is 1.94. The van der Waals surface area contributed by atoms with Gasteiger partial charge in [0, 0.05) is 37.3 Å². The fourth-order valence-corrected chi connectivity index (χ4v) is 3.29. The molecule has 2 atom stereocenters. The molecular weight excluding hydrogens is 248 g/mol. The molecule has 0 radical (unpaired) electrons. The Morgan fingerprint density at radius 3 is 2.65 bits per heavy atom. The Balaban J connectivity index is 2.28. The molecule has 2 heterocycles. The third kappa shape index (κ3) is 3.07. The van der Waals surface area contributed by atoms with E-state index in [0.29, 0.717) is 12.6 Å². The molecule has 1 saturated heterocycles. The quantitative estimate of drug-likeness (QED) is 0.920. The van der Waals surface area contributed by atoms with Crippen LogP contribution in [0, 0.1) is 5.92 Å². The first-order chi connectivity index (χ1) is 9.36. The number of nitrogens with two attached hydrogens (primary N) is 1. The van der Waals surface area contributed by atoms with Gasteiger partial charge in [0.2, 0.25) is 0 Å². The highest BCUT2D eigenvalue weighted by Gasteiger charge is 2.32. The Bertz CT molecular complexity index is 444. The summed E-state index contributed by atoms with van der Waals surface area (Å²) in [5, 5.41) is 4.70. The largest absolute Gasteiger partial charge is 0.329 e. The molecule has 20 heavy (non-hydrogen) atoms. The third-order valence-corrected chi connectivity index (χ3v) is 4.49. The standard InChI is InChI=1S/C16H30N4/c1-6-12-7-8-20(10-12)14(9-17)13-11-19(5)18-15(13)16(2,3)4/h11-12,14H,6-10,17H2,1-5H3. The first-order valence-electron chi connectivity index (χ1n) is 7.85. The van der Waals surface area contributed by atoms with Crippen molar-refractivity contribution in [3.63, 3.8) is 0 Å². The number of likely N-dealkylation sites (tertiary alicyclic amines) is 1. The molecule has 1 aromatic heterocycles. The predicted molar refractivity (Wildman–Crippen MR) is 83.7 cm³/mol. The molecule has 1 aromatic rings. The van der Waals surface area contributed by atoms with Gasteiger partial charge in [-0.25, -0.2) is 0 Å². The molecule has 1 aliphatic rings. The minimum atomic E-state index is 0.0634. The molecule has 1 fully saturated rings. The van der Waals surface area contributed by atoms with E-state index in [1.165, 1.54) is 37.2 Å². The van der Waals surface area contributed by atoms with Crippen LogP contribution < -0.4 is 5.73 Å². The topological polar surface area (TPSA) is 47.1 Å². The fourth-order valence-electron chi connectivity index (χ4n) is 3.29. The number of nitrogens with zero attached hydrogens (tertiary/aromatic N) is 3. The van der Waals surface area contributed by atoms with Crippen LogP contribution in [-0.2, 0) is 12.5 Å². The van der Waals surface area contributed by atoms with Crippen LogP contribution in [0.5, 0.6) is 0 Å². The third-order valence-electron chi connectivity index (χ3n) is 4.49. The zero-order valence-corrected chi connectivity index (χ0v) is 13.7. The van der Waals surface area contributed by atoms with Crippen molar-refractivity contribution in [2.45, 2.75) is 52.0 Å². The van der Waals surface area contributed by atoms with Gasteiger partial charge >= 0.3 is 0 Å². The first-order valence-corrected chi connectivity index (χ1v) is 7.85. The van der Waals surface area contributed by atoms with Crippen LogP contribution >= 0.6 is 0 Å². The maximum Gasteiger partial charge on any atom is 0.0726 e. The van der Waals surface area contributed by atoms with Crippen molar-refractivity contribution in [1.29, 1.82) is 0 Å². The normalized spacial score (nSPS) is 22.4. The van der Waals surface area contributed by atoms with Crippen molar-refractivity contribution in [2.75, 3.05) is 19.6 Å². The Morgan fingerprint density at radius 1 is 1.45 bits per heavy atom. The van der Waals surface area contributed by atoms with Gasteiger partial charge in [0.15, 0.2) is 0 Å². The van der Waals surface area contributed by atoms with Crippen LogP contribution in [-0.4, -0.2) is 34.3 Å². The van der Waals surface area contributed by atoms with Crippen molar-refractivity contribution in [1.82, 2.24) is 14.7 Å². The van der Waals surface area contributed by atoms with Gasteiger partial charge in [0.25, 0.3) is 0 Å². The fraction of sp³-hybridized carbons (Fsp3) is 0.812. The van der Waals surface area contributed by atoms with Crippen molar-refractivity contribution in [3.8, 4) is 0 Å². The van der Waals surface area contributed by atoms with Gasteiger partial charge in [-0.05, 0) is 18.9 Å². The summed E-state index contributed by atoms with van der Waals surface area (Å²) in [5.41, 5.74) is 8.69. The van der Waals surface area contributed by atoms with E-state index >= 15 is 0 Å². The lowest BCUT2D eigenvalue weighted by atomic mass is 9.87. The zero-order valence-electron chi connectivity index (χ0n) is 13.7. The van der Waals surface area contributed by atoms with Crippen LogP contribution in [0.25, 0.3) is 0 Å². The first kappa shape index (κ1) is 15.5. The van der Waals surface area contributed by atoms with Gasteiger partial charge in [0.05, 0.1) is 11.7 Å². The van der Waals surface area contributed by atoms with Crippen LogP contribution in [0.15, 0.2) is 6.20 Å². The molecule has 1 aliphatic heterocycles. The molecule has 2 unspecified atom stereocenters. The predicted octanol–water partition coefficient (Wildman–Crippen LogP) is 2.45. The number of hydrogen-bond acceptors (Lipinski definition) is 3. The highest BCUT2D eigenvalue weighted by Crippen LogP contribution is 2.34. The minimum absolute atomic E-state index is 0.0634. The second-order valence-corrected chi connectivity index (χ2v) is 7.17. The number of rotatable bonds is 4. The van der Waals surface area contributed by atoms with Gasteiger partial charge in [-0.2, -0.15) is 5.10 Å². The highest BCUT2D eigenvalue weighted by molar-refractivity contribution is 5.28.